The standard InChI is InChI=1S/C12H6F6N4OS/c1-5-8(22-3-2-6(20-22)11(13,14)15)9(23)21-4-7(12(16,17)18)24-10(21)19-5/h2-4H,1H3. The molecule has 0 spiro atoms. The van der Waals surface area contributed by atoms with Gasteiger partial charge in [0.25, 0.3) is 5.56 Å². The number of aryl methyl sites for hydroxylation is 1. The molecule has 0 radical (unpaired) electrons. The van der Waals surface area contributed by atoms with Gasteiger partial charge in [-0.05, 0) is 13.0 Å². The predicted octanol–water partition coefficient (Wildman–Crippen LogP) is 3.29. The van der Waals surface area contributed by atoms with Crippen molar-refractivity contribution in [3.63, 3.8) is 0 Å². The predicted molar refractivity (Wildman–Crippen MR) is 71.2 cm³/mol. The van der Waals surface area contributed by atoms with Gasteiger partial charge in [0.2, 0.25) is 0 Å². The summed E-state index contributed by atoms with van der Waals surface area (Å²) < 4.78 is 77.3. The van der Waals surface area contributed by atoms with Crippen LogP contribution in [0.1, 0.15) is 16.3 Å². The highest BCUT2D eigenvalue weighted by Crippen LogP contribution is 2.34. The summed E-state index contributed by atoms with van der Waals surface area (Å²) >= 11 is 0.263. The van der Waals surface area contributed by atoms with E-state index in [9.17, 15) is 31.1 Å². The van der Waals surface area contributed by atoms with E-state index < -0.39 is 28.5 Å². The summed E-state index contributed by atoms with van der Waals surface area (Å²) in [7, 11) is 0. The second kappa shape index (κ2) is 5.06. The van der Waals surface area contributed by atoms with Crippen molar-refractivity contribution >= 4 is 16.3 Å². The maximum absolute atomic E-state index is 12.7. The molecular weight excluding hydrogens is 362 g/mol. The van der Waals surface area contributed by atoms with E-state index in [1.54, 1.807) is 0 Å². The first-order valence-corrected chi connectivity index (χ1v) is 7.03. The Morgan fingerprint density at radius 2 is 1.79 bits per heavy atom. The normalized spacial score (nSPS) is 13.0. The van der Waals surface area contributed by atoms with Gasteiger partial charge in [0, 0.05) is 12.4 Å². The number of fused-ring (bicyclic) bond motifs is 1. The fourth-order valence-electron chi connectivity index (χ4n) is 2.03. The first-order chi connectivity index (χ1) is 11.0. The monoisotopic (exact) mass is 368 g/mol. The van der Waals surface area contributed by atoms with Crippen molar-refractivity contribution in [3.8, 4) is 5.69 Å². The third-order valence-electron chi connectivity index (χ3n) is 3.07. The van der Waals surface area contributed by atoms with E-state index in [1.807, 2.05) is 0 Å². The number of halogens is 6. The van der Waals surface area contributed by atoms with Crippen LogP contribution in [0.25, 0.3) is 10.6 Å². The SMILES string of the molecule is Cc1nc2sc(C(F)(F)F)cn2c(=O)c1-n1ccc(C(F)(F)F)n1. The molecule has 128 valence electrons. The molecule has 3 rings (SSSR count). The first kappa shape index (κ1) is 16.5. The van der Waals surface area contributed by atoms with Crippen LogP contribution in [0.2, 0.25) is 0 Å². The number of hydrogen-bond acceptors (Lipinski definition) is 4. The third kappa shape index (κ3) is 2.66. The van der Waals surface area contributed by atoms with Gasteiger partial charge in [-0.25, -0.2) is 9.67 Å². The fraction of sp³-hybridized carbons (Fsp3) is 0.250. The Bertz CT molecular complexity index is 980. The molecule has 12 heteroatoms. The average Bonchev–Trinajstić information content (AvgIpc) is 3.03. The van der Waals surface area contributed by atoms with E-state index in [0.717, 1.165) is 6.20 Å². The van der Waals surface area contributed by atoms with Crippen LogP contribution in [-0.2, 0) is 12.4 Å². The molecule has 0 atom stereocenters. The molecule has 0 bridgehead atoms. The number of aromatic nitrogens is 4. The van der Waals surface area contributed by atoms with Crippen molar-refractivity contribution in [1.82, 2.24) is 19.2 Å². The van der Waals surface area contributed by atoms with Crippen LogP contribution >= 0.6 is 11.3 Å². The van der Waals surface area contributed by atoms with Gasteiger partial charge < -0.3 is 0 Å². The van der Waals surface area contributed by atoms with Gasteiger partial charge in [0.1, 0.15) is 4.88 Å². The molecule has 0 aliphatic heterocycles. The molecule has 0 aromatic carbocycles. The average molecular weight is 368 g/mol. The van der Waals surface area contributed by atoms with Crippen LogP contribution < -0.4 is 5.56 Å². The summed E-state index contributed by atoms with van der Waals surface area (Å²) in [6.07, 6.45) is -7.91. The van der Waals surface area contributed by atoms with E-state index in [1.165, 1.54) is 6.92 Å². The van der Waals surface area contributed by atoms with Crippen molar-refractivity contribution in [1.29, 1.82) is 0 Å². The highest BCUT2D eigenvalue weighted by molar-refractivity contribution is 7.17. The fourth-order valence-corrected chi connectivity index (χ4v) is 2.92. The van der Waals surface area contributed by atoms with Gasteiger partial charge in [-0.2, -0.15) is 31.4 Å². The minimum absolute atomic E-state index is 0.0348. The van der Waals surface area contributed by atoms with Crippen LogP contribution in [0.3, 0.4) is 0 Å². The topological polar surface area (TPSA) is 52.2 Å². The van der Waals surface area contributed by atoms with Crippen molar-refractivity contribution in [3.05, 3.63) is 45.1 Å². The molecule has 0 aliphatic rings. The van der Waals surface area contributed by atoms with E-state index in [0.29, 0.717) is 21.3 Å². The lowest BCUT2D eigenvalue weighted by molar-refractivity contribution is -0.141. The van der Waals surface area contributed by atoms with Crippen LogP contribution in [0.4, 0.5) is 26.3 Å². The molecule has 0 saturated heterocycles. The third-order valence-corrected chi connectivity index (χ3v) is 4.10. The second-order valence-corrected chi connectivity index (χ2v) is 5.75. The summed E-state index contributed by atoms with van der Waals surface area (Å²) in [4.78, 5) is 15.0. The summed E-state index contributed by atoms with van der Waals surface area (Å²) in [5.41, 5.74) is -2.56. The van der Waals surface area contributed by atoms with Gasteiger partial charge in [0.15, 0.2) is 16.3 Å². The molecular formula is C12H6F6N4OS. The van der Waals surface area contributed by atoms with Crippen molar-refractivity contribution in [2.45, 2.75) is 19.3 Å². The number of thiazole rings is 1. The van der Waals surface area contributed by atoms with Crippen LogP contribution in [-0.4, -0.2) is 19.2 Å². The van der Waals surface area contributed by atoms with Gasteiger partial charge in [-0.3, -0.25) is 9.20 Å². The number of rotatable bonds is 1. The minimum Gasteiger partial charge on any atom is -0.266 e. The van der Waals surface area contributed by atoms with Crippen LogP contribution in [0.15, 0.2) is 23.3 Å². The summed E-state index contributed by atoms with van der Waals surface area (Å²) in [6, 6.07) is 0.655. The smallest absolute Gasteiger partial charge is 0.266 e. The zero-order valence-electron chi connectivity index (χ0n) is 11.6. The molecule has 24 heavy (non-hydrogen) atoms. The van der Waals surface area contributed by atoms with Gasteiger partial charge in [0.05, 0.1) is 5.69 Å². The zero-order chi connectivity index (χ0) is 17.9. The van der Waals surface area contributed by atoms with Crippen molar-refractivity contribution < 1.29 is 26.3 Å². The van der Waals surface area contributed by atoms with Gasteiger partial charge in [-0.15, -0.1) is 0 Å². The largest absolute Gasteiger partial charge is 0.435 e. The number of alkyl halides is 6. The maximum atomic E-state index is 12.7. The zero-order valence-corrected chi connectivity index (χ0v) is 12.4. The maximum Gasteiger partial charge on any atom is 0.435 e. The summed E-state index contributed by atoms with van der Waals surface area (Å²) in [5.74, 6) is 0. The van der Waals surface area contributed by atoms with Crippen LogP contribution in [0, 0.1) is 6.92 Å². The lowest BCUT2D eigenvalue weighted by atomic mass is 10.3. The summed E-state index contributed by atoms with van der Waals surface area (Å²) in [5, 5.41) is 3.26. The molecule has 0 aliphatic carbocycles. The molecule has 0 fully saturated rings. The van der Waals surface area contributed by atoms with E-state index in [4.69, 9.17) is 0 Å². The molecule has 0 unspecified atom stereocenters. The minimum atomic E-state index is -4.71. The lowest BCUT2D eigenvalue weighted by Gasteiger charge is -2.05. The van der Waals surface area contributed by atoms with E-state index >= 15 is 0 Å². The van der Waals surface area contributed by atoms with Crippen LogP contribution in [0.5, 0.6) is 0 Å². The van der Waals surface area contributed by atoms with Crippen molar-refractivity contribution in [2.24, 2.45) is 0 Å². The quantitative estimate of drug-likeness (QED) is 0.620. The molecule has 5 nitrogen and oxygen atoms in total. The second-order valence-electron chi connectivity index (χ2n) is 4.74. The Hall–Kier alpha value is -2.37. The molecule has 0 N–H and O–H groups in total. The summed E-state index contributed by atoms with van der Waals surface area (Å²) in [6.45, 7) is 1.30. The number of hydrogen-bond donors (Lipinski definition) is 0. The molecule has 0 saturated carbocycles. The molecule has 3 aromatic rings. The number of nitrogens with zero attached hydrogens (tertiary/aromatic N) is 4. The highest BCUT2D eigenvalue weighted by Gasteiger charge is 2.35. The Balaban J connectivity index is 2.22. The van der Waals surface area contributed by atoms with Crippen molar-refractivity contribution in [2.75, 3.05) is 0 Å². The van der Waals surface area contributed by atoms with E-state index in [-0.39, 0.29) is 27.7 Å². The first-order valence-electron chi connectivity index (χ1n) is 6.21. The highest BCUT2D eigenvalue weighted by atomic mass is 32.1. The lowest BCUT2D eigenvalue weighted by Crippen LogP contribution is -2.22. The Morgan fingerprint density at radius 3 is 2.33 bits per heavy atom. The Morgan fingerprint density at radius 1 is 1.12 bits per heavy atom. The molecule has 3 heterocycles. The molecule has 0 amide bonds. The Labute approximate surface area is 132 Å². The van der Waals surface area contributed by atoms with Gasteiger partial charge >= 0.3 is 12.4 Å². The van der Waals surface area contributed by atoms with E-state index in [2.05, 4.69) is 10.1 Å². The Kier molecular flexibility index (Phi) is 3.48. The molecule has 3 aromatic heterocycles. The van der Waals surface area contributed by atoms with Gasteiger partial charge in [-0.1, -0.05) is 11.3 Å².